The lowest BCUT2D eigenvalue weighted by Crippen LogP contribution is -2.15. The summed E-state index contributed by atoms with van der Waals surface area (Å²) in [4.78, 5) is 16.7. The van der Waals surface area contributed by atoms with E-state index in [0.29, 0.717) is 22.2 Å². The largest absolute Gasteiger partial charge is 0.505 e. The molecule has 2 aromatic carbocycles. The van der Waals surface area contributed by atoms with E-state index < -0.39 is 0 Å². The van der Waals surface area contributed by atoms with E-state index in [0.717, 1.165) is 4.73 Å². The van der Waals surface area contributed by atoms with Gasteiger partial charge in [0.1, 0.15) is 5.71 Å². The first-order valence-corrected chi connectivity index (χ1v) is 6.43. The van der Waals surface area contributed by atoms with Crippen molar-refractivity contribution in [3.05, 3.63) is 59.8 Å². The lowest BCUT2D eigenvalue weighted by atomic mass is 10.1. The van der Waals surface area contributed by atoms with Gasteiger partial charge in [0.2, 0.25) is 5.78 Å². The third kappa shape index (κ3) is 1.45. The maximum atomic E-state index is 12.4. The second-order valence-electron chi connectivity index (χ2n) is 4.83. The number of hydrogen-bond acceptors (Lipinski definition) is 4. The molecule has 0 bridgehead atoms. The number of aromatic hydroxyl groups is 1. The molecule has 1 aliphatic rings. The predicted molar refractivity (Wildman–Crippen MR) is 77.8 cm³/mol. The highest BCUT2D eigenvalue weighted by molar-refractivity contribution is 6.55. The van der Waals surface area contributed by atoms with Gasteiger partial charge in [-0.25, -0.2) is 4.99 Å². The van der Waals surface area contributed by atoms with E-state index in [1.165, 1.54) is 0 Å². The molecule has 0 saturated carbocycles. The Hall–Kier alpha value is -3.08. The van der Waals surface area contributed by atoms with Crippen LogP contribution >= 0.6 is 0 Å². The molecule has 21 heavy (non-hydrogen) atoms. The molecule has 3 aromatic rings. The second kappa shape index (κ2) is 3.96. The van der Waals surface area contributed by atoms with E-state index >= 15 is 0 Å². The Morgan fingerprint density at radius 1 is 1.00 bits per heavy atom. The molecular formula is C16H10N2O3. The van der Waals surface area contributed by atoms with E-state index in [4.69, 9.17) is 0 Å². The smallest absolute Gasteiger partial charge is 0.215 e. The van der Waals surface area contributed by atoms with Gasteiger partial charge in [0, 0.05) is 10.9 Å². The normalized spacial score (nSPS) is 13.5. The van der Waals surface area contributed by atoms with Crippen LogP contribution in [0.25, 0.3) is 10.9 Å². The zero-order valence-corrected chi connectivity index (χ0v) is 10.8. The second-order valence-corrected chi connectivity index (χ2v) is 4.83. The number of Topliss-reactive ketones (excluding diaryl/α,β-unsaturated/α-hetero) is 1. The molecule has 2 heterocycles. The van der Waals surface area contributed by atoms with Crippen molar-refractivity contribution in [2.75, 3.05) is 0 Å². The van der Waals surface area contributed by atoms with Gasteiger partial charge >= 0.3 is 0 Å². The van der Waals surface area contributed by atoms with Crippen LogP contribution in [-0.2, 0) is 0 Å². The summed E-state index contributed by atoms with van der Waals surface area (Å²) in [5.74, 6) is -0.452. The molecule has 0 atom stereocenters. The average molecular weight is 278 g/mol. The summed E-state index contributed by atoms with van der Waals surface area (Å²) in [6, 6.07) is 13.8. The molecule has 0 spiro atoms. The monoisotopic (exact) mass is 278 g/mol. The van der Waals surface area contributed by atoms with Crippen LogP contribution in [0.1, 0.15) is 16.1 Å². The third-order valence-electron chi connectivity index (χ3n) is 3.64. The fourth-order valence-electron chi connectivity index (χ4n) is 2.64. The van der Waals surface area contributed by atoms with Crippen molar-refractivity contribution in [1.29, 1.82) is 0 Å². The number of para-hydroxylation sites is 2. The summed E-state index contributed by atoms with van der Waals surface area (Å²) < 4.78 is 0.813. The molecule has 0 unspecified atom stereocenters. The Kier molecular flexibility index (Phi) is 2.21. The minimum absolute atomic E-state index is 0.0254. The van der Waals surface area contributed by atoms with Gasteiger partial charge in [-0.1, -0.05) is 24.3 Å². The van der Waals surface area contributed by atoms with Crippen LogP contribution in [0.5, 0.6) is 5.75 Å². The number of fused-ring (bicyclic) bond motifs is 2. The maximum Gasteiger partial charge on any atom is 0.215 e. The van der Waals surface area contributed by atoms with Crippen molar-refractivity contribution in [3.63, 3.8) is 0 Å². The number of carbonyl (C=O) groups is 1. The molecule has 1 aromatic heterocycles. The number of aliphatic imine (C=N–C) groups is 1. The molecule has 0 radical (unpaired) electrons. The first kappa shape index (κ1) is 11.7. The lowest BCUT2D eigenvalue weighted by molar-refractivity contribution is 0.106. The molecule has 0 aliphatic carbocycles. The van der Waals surface area contributed by atoms with Crippen LogP contribution in [0.4, 0.5) is 5.69 Å². The minimum atomic E-state index is -0.306. The standard InChI is InChI=1S/C16H10N2O3/c19-15-9-5-1-3-7-11(9)17-13(15)14-16(20)10-6-2-4-8-12(10)18(14)21/h1-8,20-21H. The Labute approximate surface area is 119 Å². The van der Waals surface area contributed by atoms with Crippen molar-refractivity contribution in [1.82, 2.24) is 4.73 Å². The molecule has 5 nitrogen and oxygen atoms in total. The Balaban J connectivity index is 2.00. The van der Waals surface area contributed by atoms with Crippen molar-refractivity contribution >= 4 is 28.1 Å². The molecule has 4 rings (SSSR count). The maximum absolute atomic E-state index is 12.4. The zero-order valence-electron chi connectivity index (χ0n) is 10.8. The third-order valence-corrected chi connectivity index (χ3v) is 3.64. The number of rotatable bonds is 1. The van der Waals surface area contributed by atoms with Crippen LogP contribution in [-0.4, -0.2) is 26.5 Å². The summed E-state index contributed by atoms with van der Waals surface area (Å²) in [5.41, 5.74) is 1.51. The van der Waals surface area contributed by atoms with Gasteiger partial charge in [-0.3, -0.25) is 4.79 Å². The van der Waals surface area contributed by atoms with Gasteiger partial charge in [-0.2, -0.15) is 4.73 Å². The van der Waals surface area contributed by atoms with Crippen molar-refractivity contribution < 1.29 is 15.1 Å². The summed E-state index contributed by atoms with van der Waals surface area (Å²) >= 11 is 0. The molecule has 102 valence electrons. The highest BCUT2D eigenvalue weighted by Crippen LogP contribution is 2.36. The summed E-state index contributed by atoms with van der Waals surface area (Å²) in [6.45, 7) is 0. The predicted octanol–water partition coefficient (Wildman–Crippen LogP) is 2.90. The lowest BCUT2D eigenvalue weighted by Gasteiger charge is -2.01. The molecule has 5 heteroatoms. The fourth-order valence-corrected chi connectivity index (χ4v) is 2.64. The van der Waals surface area contributed by atoms with E-state index in [2.05, 4.69) is 4.99 Å². The van der Waals surface area contributed by atoms with Gasteiger partial charge in [0.05, 0.1) is 11.2 Å². The van der Waals surface area contributed by atoms with Gasteiger partial charge in [-0.05, 0) is 24.3 Å². The fraction of sp³-hybridized carbons (Fsp3) is 0. The van der Waals surface area contributed by atoms with E-state index in [-0.39, 0.29) is 22.9 Å². The van der Waals surface area contributed by atoms with E-state index in [1.807, 2.05) is 0 Å². The van der Waals surface area contributed by atoms with Gasteiger partial charge < -0.3 is 10.3 Å². The van der Waals surface area contributed by atoms with Gasteiger partial charge in [-0.15, -0.1) is 0 Å². The minimum Gasteiger partial charge on any atom is -0.505 e. The van der Waals surface area contributed by atoms with Crippen LogP contribution in [0.2, 0.25) is 0 Å². The first-order valence-electron chi connectivity index (χ1n) is 6.43. The number of carbonyl (C=O) groups excluding carboxylic acids is 1. The Bertz CT molecular complexity index is 899. The number of ketones is 1. The summed E-state index contributed by atoms with van der Waals surface area (Å²) in [6.07, 6.45) is 0. The number of nitrogens with zero attached hydrogens (tertiary/aromatic N) is 2. The van der Waals surface area contributed by atoms with Gasteiger partial charge in [0.25, 0.3) is 0 Å². The zero-order chi connectivity index (χ0) is 14.6. The van der Waals surface area contributed by atoms with E-state index in [1.54, 1.807) is 48.5 Å². The van der Waals surface area contributed by atoms with Crippen LogP contribution in [0.15, 0.2) is 53.5 Å². The topological polar surface area (TPSA) is 74.8 Å². The number of benzene rings is 2. The number of aromatic nitrogens is 1. The first-order chi connectivity index (χ1) is 10.2. The molecule has 0 fully saturated rings. The number of hydrogen-bond donors (Lipinski definition) is 2. The summed E-state index contributed by atoms with van der Waals surface area (Å²) in [5, 5.41) is 21.0. The van der Waals surface area contributed by atoms with Gasteiger partial charge in [0.15, 0.2) is 11.4 Å². The van der Waals surface area contributed by atoms with Crippen LogP contribution in [0.3, 0.4) is 0 Å². The average Bonchev–Trinajstić information content (AvgIpc) is 2.96. The quantitative estimate of drug-likeness (QED) is 0.672. The molecule has 2 N–H and O–H groups in total. The van der Waals surface area contributed by atoms with Crippen LogP contribution < -0.4 is 0 Å². The molecule has 0 saturated heterocycles. The Morgan fingerprint density at radius 3 is 2.48 bits per heavy atom. The highest BCUT2D eigenvalue weighted by Gasteiger charge is 2.31. The molecule has 1 aliphatic heterocycles. The molecule has 0 amide bonds. The highest BCUT2D eigenvalue weighted by atomic mass is 16.5. The molecular weight excluding hydrogens is 268 g/mol. The SMILES string of the molecule is O=C1C(c2c(O)c3ccccc3n2O)=Nc2ccccc21. The van der Waals surface area contributed by atoms with Crippen LogP contribution in [0, 0.1) is 0 Å². The van der Waals surface area contributed by atoms with Crippen molar-refractivity contribution in [2.24, 2.45) is 4.99 Å². The van der Waals surface area contributed by atoms with Crippen molar-refractivity contribution in [3.8, 4) is 5.75 Å². The Morgan fingerprint density at radius 2 is 1.71 bits per heavy atom. The van der Waals surface area contributed by atoms with Crippen molar-refractivity contribution in [2.45, 2.75) is 0 Å². The van der Waals surface area contributed by atoms with E-state index in [9.17, 15) is 15.1 Å². The summed E-state index contributed by atoms with van der Waals surface area (Å²) in [7, 11) is 0.